The first-order chi connectivity index (χ1) is 13.3. The van der Waals surface area contributed by atoms with Crippen LogP contribution in [0.3, 0.4) is 0 Å². The minimum Gasteiger partial charge on any atom is -0.454 e. The summed E-state index contributed by atoms with van der Waals surface area (Å²) in [6.45, 7) is -1.46. The summed E-state index contributed by atoms with van der Waals surface area (Å²) in [6.07, 6.45) is 0. The normalized spacial score (nSPS) is 14.1. The van der Waals surface area contributed by atoms with E-state index in [1.807, 2.05) is 0 Å². The van der Waals surface area contributed by atoms with E-state index in [2.05, 4.69) is 0 Å². The van der Waals surface area contributed by atoms with Crippen molar-refractivity contribution < 1.29 is 33.7 Å². The molecule has 0 amide bonds. The summed E-state index contributed by atoms with van der Waals surface area (Å²) in [7, 11) is 0. The van der Waals surface area contributed by atoms with Gasteiger partial charge in [-0.3, -0.25) is 25.0 Å². The van der Waals surface area contributed by atoms with Gasteiger partial charge in [0.25, 0.3) is 11.4 Å². The van der Waals surface area contributed by atoms with E-state index in [1.165, 1.54) is 12.1 Å². The van der Waals surface area contributed by atoms with E-state index in [9.17, 15) is 34.6 Å². The predicted molar refractivity (Wildman–Crippen MR) is 90.8 cm³/mol. The number of ether oxygens (including phenoxy) is 2. The summed E-state index contributed by atoms with van der Waals surface area (Å²) in [5.74, 6) is -2.95. The molecule has 0 saturated carbocycles. The van der Waals surface area contributed by atoms with Gasteiger partial charge in [-0.1, -0.05) is 12.1 Å². The summed E-state index contributed by atoms with van der Waals surface area (Å²) in [5, 5.41) is 23.1. The Morgan fingerprint density at radius 3 is 1.46 bits per heavy atom. The Morgan fingerprint density at radius 1 is 0.714 bits per heavy atom. The zero-order chi connectivity index (χ0) is 20.4. The van der Waals surface area contributed by atoms with Crippen LogP contribution in [0.5, 0.6) is 0 Å². The fourth-order valence-electron chi connectivity index (χ4n) is 2.74. The minimum atomic E-state index is -1.11. The highest BCUT2D eigenvalue weighted by molar-refractivity contribution is 6.08. The quantitative estimate of drug-likeness (QED) is 0.428. The summed E-state index contributed by atoms with van der Waals surface area (Å²) in [4.78, 5) is 58.0. The number of ketones is 1. The maximum absolute atomic E-state index is 12.4. The van der Waals surface area contributed by atoms with Crippen LogP contribution in [0.4, 0.5) is 11.4 Å². The van der Waals surface area contributed by atoms with Crippen molar-refractivity contribution in [2.45, 2.75) is 0 Å². The number of benzene rings is 2. The van der Waals surface area contributed by atoms with Crippen LogP contribution in [-0.2, 0) is 14.3 Å². The Balaban J connectivity index is 2.46. The average molecular weight is 386 g/mol. The summed E-state index contributed by atoms with van der Waals surface area (Å²) in [6, 6.07) is 6.74. The molecule has 142 valence electrons. The van der Waals surface area contributed by atoms with E-state index in [-0.39, 0.29) is 0 Å². The number of cyclic esters (lactones) is 2. The molecule has 0 atom stereocenters. The van der Waals surface area contributed by atoms with Gasteiger partial charge in [-0.25, -0.2) is 9.59 Å². The lowest BCUT2D eigenvalue weighted by Crippen LogP contribution is -2.20. The molecule has 1 aliphatic heterocycles. The third-order valence-corrected chi connectivity index (χ3v) is 3.90. The maximum atomic E-state index is 12.4. The van der Waals surface area contributed by atoms with Gasteiger partial charge in [0.1, 0.15) is 0 Å². The van der Waals surface area contributed by atoms with Gasteiger partial charge < -0.3 is 9.47 Å². The second-order valence-corrected chi connectivity index (χ2v) is 5.60. The Morgan fingerprint density at radius 2 is 1.11 bits per heavy atom. The van der Waals surface area contributed by atoms with E-state index in [0.717, 1.165) is 24.3 Å². The smallest absolute Gasteiger partial charge is 0.339 e. The largest absolute Gasteiger partial charge is 0.454 e. The molecule has 0 unspecified atom stereocenters. The van der Waals surface area contributed by atoms with Gasteiger partial charge in [0.2, 0.25) is 5.78 Å². The van der Waals surface area contributed by atoms with Crippen molar-refractivity contribution in [2.24, 2.45) is 0 Å². The molecule has 0 fully saturated rings. The van der Waals surface area contributed by atoms with Gasteiger partial charge in [0.05, 0.1) is 32.1 Å². The number of Topliss-reactive ketones (excluding diaryl/α,β-unsaturated/α-hetero) is 1. The van der Waals surface area contributed by atoms with Crippen LogP contribution in [0.15, 0.2) is 36.4 Å². The van der Waals surface area contributed by atoms with Gasteiger partial charge in [0, 0.05) is 12.1 Å². The lowest BCUT2D eigenvalue weighted by Gasteiger charge is -2.12. The SMILES string of the molecule is O=C1COC(=O)c2cccc([N+](=O)[O-])c2-c2c(cccc2[N+](=O)[O-])C(=O)OC1. The van der Waals surface area contributed by atoms with Crippen LogP contribution in [0.2, 0.25) is 0 Å². The predicted octanol–water partition coefficient (Wildman–Crippen LogP) is 2.07. The Hall–Kier alpha value is -4.15. The average Bonchev–Trinajstić information content (AvgIpc) is 2.69. The number of nitro groups is 2. The Bertz CT molecular complexity index is 963. The highest BCUT2D eigenvalue weighted by Gasteiger charge is 2.34. The molecular formula is C17H10N2O9. The number of nitrogens with zero attached hydrogens (tertiary/aromatic N) is 2. The molecule has 3 rings (SSSR count). The molecule has 11 heteroatoms. The molecule has 2 aromatic rings. The second kappa shape index (κ2) is 7.23. The van der Waals surface area contributed by atoms with Crippen LogP contribution in [0.1, 0.15) is 20.7 Å². The second-order valence-electron chi connectivity index (χ2n) is 5.60. The molecule has 1 heterocycles. The molecule has 0 N–H and O–H groups in total. The van der Waals surface area contributed by atoms with Crippen molar-refractivity contribution in [1.82, 2.24) is 0 Å². The van der Waals surface area contributed by atoms with Crippen molar-refractivity contribution in [1.29, 1.82) is 0 Å². The van der Waals surface area contributed by atoms with Gasteiger partial charge in [-0.15, -0.1) is 0 Å². The molecule has 0 bridgehead atoms. The van der Waals surface area contributed by atoms with Gasteiger partial charge in [-0.05, 0) is 12.1 Å². The van der Waals surface area contributed by atoms with E-state index < -0.39 is 74.4 Å². The molecule has 11 nitrogen and oxygen atoms in total. The van der Waals surface area contributed by atoms with Crippen molar-refractivity contribution in [3.63, 3.8) is 0 Å². The number of hydrogen-bond acceptors (Lipinski definition) is 9. The summed E-state index contributed by atoms with van der Waals surface area (Å²) in [5.41, 5.74) is -3.02. The van der Waals surface area contributed by atoms with E-state index in [1.54, 1.807) is 0 Å². The first kappa shape index (κ1) is 18.6. The van der Waals surface area contributed by atoms with Crippen molar-refractivity contribution >= 4 is 29.1 Å². The number of fused-ring (bicyclic) bond motifs is 3. The fraction of sp³-hybridized carbons (Fsp3) is 0.118. The molecule has 0 radical (unpaired) electrons. The van der Waals surface area contributed by atoms with Gasteiger partial charge in [0.15, 0.2) is 13.2 Å². The third-order valence-electron chi connectivity index (χ3n) is 3.90. The van der Waals surface area contributed by atoms with Gasteiger partial charge in [-0.2, -0.15) is 0 Å². The number of carbonyl (C=O) groups excluding carboxylic acids is 3. The highest BCUT2D eigenvalue weighted by atomic mass is 16.6. The molecule has 28 heavy (non-hydrogen) atoms. The van der Waals surface area contributed by atoms with Crippen LogP contribution in [0.25, 0.3) is 11.1 Å². The Labute approximate surface area is 155 Å². The molecule has 0 aromatic heterocycles. The van der Waals surface area contributed by atoms with Crippen LogP contribution < -0.4 is 0 Å². The van der Waals surface area contributed by atoms with Crippen molar-refractivity contribution in [3.05, 3.63) is 67.8 Å². The summed E-state index contributed by atoms with van der Waals surface area (Å²) >= 11 is 0. The molecule has 2 aromatic carbocycles. The number of rotatable bonds is 2. The zero-order valence-corrected chi connectivity index (χ0v) is 13.9. The topological polar surface area (TPSA) is 156 Å². The zero-order valence-electron chi connectivity index (χ0n) is 13.9. The number of hydrogen-bond donors (Lipinski definition) is 0. The standard InChI is InChI=1S/C17H10N2O9/c20-9-7-27-16(21)10-3-1-5-12(18(23)24)14(10)15-11(17(22)28-8-9)4-2-6-13(15)19(25)26/h1-6H,7-8H2. The number of esters is 2. The number of nitro benzene ring substituents is 2. The van der Waals surface area contributed by atoms with Crippen LogP contribution in [-0.4, -0.2) is 40.8 Å². The van der Waals surface area contributed by atoms with E-state index in [0.29, 0.717) is 0 Å². The van der Waals surface area contributed by atoms with Gasteiger partial charge >= 0.3 is 11.9 Å². The van der Waals surface area contributed by atoms with E-state index in [4.69, 9.17) is 9.47 Å². The van der Waals surface area contributed by atoms with Crippen LogP contribution >= 0.6 is 0 Å². The molecule has 1 aliphatic rings. The Kier molecular flexibility index (Phi) is 4.81. The lowest BCUT2D eigenvalue weighted by molar-refractivity contribution is -0.386. The first-order valence-electron chi connectivity index (χ1n) is 7.72. The van der Waals surface area contributed by atoms with Crippen LogP contribution in [0, 0.1) is 20.2 Å². The molecule has 0 saturated heterocycles. The molecule has 0 aliphatic carbocycles. The van der Waals surface area contributed by atoms with Crippen molar-refractivity contribution in [2.75, 3.05) is 13.2 Å². The monoisotopic (exact) mass is 386 g/mol. The van der Waals surface area contributed by atoms with Crippen molar-refractivity contribution in [3.8, 4) is 11.1 Å². The maximum Gasteiger partial charge on any atom is 0.339 e. The summed E-state index contributed by atoms with van der Waals surface area (Å²) < 4.78 is 9.65. The molecule has 0 spiro atoms. The molecular weight excluding hydrogens is 376 g/mol. The number of carbonyl (C=O) groups is 3. The highest BCUT2D eigenvalue weighted by Crippen LogP contribution is 2.41. The fourth-order valence-corrected chi connectivity index (χ4v) is 2.74. The lowest BCUT2D eigenvalue weighted by atomic mass is 9.92. The first-order valence-corrected chi connectivity index (χ1v) is 7.72. The minimum absolute atomic E-state index is 0.396. The third kappa shape index (κ3) is 3.28. The van der Waals surface area contributed by atoms with E-state index >= 15 is 0 Å².